The maximum atomic E-state index is 6.36. The summed E-state index contributed by atoms with van der Waals surface area (Å²) in [5.74, 6) is 1.35. The van der Waals surface area contributed by atoms with Crippen LogP contribution in [-0.4, -0.2) is 20.3 Å². The molecule has 4 heteroatoms. The van der Waals surface area contributed by atoms with Crippen molar-refractivity contribution in [2.24, 2.45) is 11.7 Å². The van der Waals surface area contributed by atoms with E-state index < -0.39 is 0 Å². The molecule has 17 heavy (non-hydrogen) atoms. The molecule has 1 aliphatic heterocycles. The van der Waals surface area contributed by atoms with E-state index in [4.69, 9.17) is 15.2 Å². The fourth-order valence-electron chi connectivity index (χ4n) is 2.29. The summed E-state index contributed by atoms with van der Waals surface area (Å²) in [6, 6.07) is 6.00. The SMILES string of the molecule is COc1ccc(Br)cc1C(N)C1CCOCC1. The van der Waals surface area contributed by atoms with Crippen LogP contribution in [0.2, 0.25) is 0 Å². The van der Waals surface area contributed by atoms with Gasteiger partial charge in [-0.15, -0.1) is 0 Å². The third-order valence-corrected chi connectivity index (χ3v) is 3.82. The van der Waals surface area contributed by atoms with Crippen LogP contribution < -0.4 is 10.5 Å². The smallest absolute Gasteiger partial charge is 0.123 e. The minimum absolute atomic E-state index is 0.0198. The van der Waals surface area contributed by atoms with Crippen molar-refractivity contribution in [1.29, 1.82) is 0 Å². The van der Waals surface area contributed by atoms with Gasteiger partial charge in [0.05, 0.1) is 7.11 Å². The van der Waals surface area contributed by atoms with Gasteiger partial charge in [0.25, 0.3) is 0 Å². The van der Waals surface area contributed by atoms with Crippen molar-refractivity contribution in [2.75, 3.05) is 20.3 Å². The molecule has 0 saturated carbocycles. The maximum Gasteiger partial charge on any atom is 0.123 e. The third kappa shape index (κ3) is 3.00. The summed E-state index contributed by atoms with van der Waals surface area (Å²) in [5, 5.41) is 0. The summed E-state index contributed by atoms with van der Waals surface area (Å²) in [4.78, 5) is 0. The van der Waals surface area contributed by atoms with Crippen LogP contribution in [-0.2, 0) is 4.74 Å². The largest absolute Gasteiger partial charge is 0.496 e. The predicted molar refractivity (Wildman–Crippen MR) is 71.2 cm³/mol. The van der Waals surface area contributed by atoms with Crippen LogP contribution in [0.1, 0.15) is 24.4 Å². The van der Waals surface area contributed by atoms with E-state index in [-0.39, 0.29) is 6.04 Å². The van der Waals surface area contributed by atoms with Gasteiger partial charge in [-0.1, -0.05) is 15.9 Å². The van der Waals surface area contributed by atoms with E-state index >= 15 is 0 Å². The molecule has 1 aromatic rings. The Bertz CT molecular complexity index is 378. The van der Waals surface area contributed by atoms with Gasteiger partial charge < -0.3 is 15.2 Å². The van der Waals surface area contributed by atoms with Crippen molar-refractivity contribution in [3.63, 3.8) is 0 Å². The number of halogens is 1. The van der Waals surface area contributed by atoms with Crippen LogP contribution in [0.5, 0.6) is 5.75 Å². The van der Waals surface area contributed by atoms with Gasteiger partial charge in [-0.25, -0.2) is 0 Å². The van der Waals surface area contributed by atoms with E-state index in [1.165, 1.54) is 0 Å². The van der Waals surface area contributed by atoms with E-state index in [1.54, 1.807) is 7.11 Å². The lowest BCUT2D eigenvalue weighted by Gasteiger charge is -2.28. The van der Waals surface area contributed by atoms with Crippen LogP contribution in [0, 0.1) is 5.92 Å². The average molecular weight is 300 g/mol. The van der Waals surface area contributed by atoms with Crippen LogP contribution in [0.3, 0.4) is 0 Å². The Kier molecular flexibility index (Phi) is 4.42. The molecule has 0 aromatic heterocycles. The fourth-order valence-corrected chi connectivity index (χ4v) is 2.67. The third-order valence-electron chi connectivity index (χ3n) is 3.32. The molecule has 1 saturated heterocycles. The highest BCUT2D eigenvalue weighted by Crippen LogP contribution is 2.34. The van der Waals surface area contributed by atoms with Gasteiger partial charge in [0.15, 0.2) is 0 Å². The molecule has 0 bridgehead atoms. The molecule has 1 unspecified atom stereocenters. The van der Waals surface area contributed by atoms with E-state index in [0.717, 1.165) is 41.8 Å². The quantitative estimate of drug-likeness (QED) is 0.933. The van der Waals surface area contributed by atoms with Crippen molar-refractivity contribution in [2.45, 2.75) is 18.9 Å². The molecule has 1 aromatic carbocycles. The second-order valence-electron chi connectivity index (χ2n) is 4.36. The van der Waals surface area contributed by atoms with Crippen LogP contribution >= 0.6 is 15.9 Å². The first-order chi connectivity index (χ1) is 8.22. The normalized spacial score (nSPS) is 19.0. The van der Waals surface area contributed by atoms with Crippen molar-refractivity contribution in [3.05, 3.63) is 28.2 Å². The summed E-state index contributed by atoms with van der Waals surface area (Å²) in [5.41, 5.74) is 7.44. The topological polar surface area (TPSA) is 44.5 Å². The Labute approximate surface area is 110 Å². The molecule has 1 heterocycles. The van der Waals surface area contributed by atoms with Gasteiger partial charge in [0, 0.05) is 29.3 Å². The molecule has 94 valence electrons. The highest BCUT2D eigenvalue weighted by Gasteiger charge is 2.24. The zero-order valence-electron chi connectivity index (χ0n) is 9.99. The number of benzene rings is 1. The lowest BCUT2D eigenvalue weighted by Crippen LogP contribution is -2.27. The zero-order chi connectivity index (χ0) is 12.3. The van der Waals surface area contributed by atoms with Crippen molar-refractivity contribution < 1.29 is 9.47 Å². The summed E-state index contributed by atoms with van der Waals surface area (Å²) in [7, 11) is 1.68. The molecular weight excluding hydrogens is 282 g/mol. The van der Waals surface area contributed by atoms with Gasteiger partial charge in [-0.2, -0.15) is 0 Å². The Morgan fingerprint density at radius 2 is 2.12 bits per heavy atom. The number of rotatable bonds is 3. The van der Waals surface area contributed by atoms with Gasteiger partial charge in [0.2, 0.25) is 0 Å². The van der Waals surface area contributed by atoms with Crippen molar-refractivity contribution in [3.8, 4) is 5.75 Å². The minimum Gasteiger partial charge on any atom is -0.496 e. The summed E-state index contributed by atoms with van der Waals surface area (Å²) in [6.45, 7) is 1.63. The number of hydrogen-bond acceptors (Lipinski definition) is 3. The second kappa shape index (κ2) is 5.85. The van der Waals surface area contributed by atoms with E-state index in [0.29, 0.717) is 5.92 Å². The van der Waals surface area contributed by atoms with Crippen LogP contribution in [0.4, 0.5) is 0 Å². The highest BCUT2D eigenvalue weighted by atomic mass is 79.9. The minimum atomic E-state index is 0.0198. The Balaban J connectivity index is 2.21. The number of methoxy groups -OCH3 is 1. The first-order valence-corrected chi connectivity index (χ1v) is 6.68. The van der Waals surface area contributed by atoms with Crippen molar-refractivity contribution in [1.82, 2.24) is 0 Å². The van der Waals surface area contributed by atoms with Crippen LogP contribution in [0.25, 0.3) is 0 Å². The Morgan fingerprint density at radius 3 is 2.76 bits per heavy atom. The molecule has 3 nitrogen and oxygen atoms in total. The van der Waals surface area contributed by atoms with Gasteiger partial charge in [0.1, 0.15) is 5.75 Å². The monoisotopic (exact) mass is 299 g/mol. The number of nitrogens with two attached hydrogens (primary N) is 1. The van der Waals surface area contributed by atoms with Gasteiger partial charge >= 0.3 is 0 Å². The molecular formula is C13H18BrNO2. The molecule has 1 aliphatic rings. The number of hydrogen-bond donors (Lipinski definition) is 1. The van der Waals surface area contributed by atoms with Gasteiger partial charge in [-0.3, -0.25) is 0 Å². The predicted octanol–water partition coefficient (Wildman–Crippen LogP) is 2.88. The lowest BCUT2D eigenvalue weighted by atomic mass is 9.87. The van der Waals surface area contributed by atoms with Crippen LogP contribution in [0.15, 0.2) is 22.7 Å². The summed E-state index contributed by atoms with van der Waals surface area (Å²) in [6.07, 6.45) is 2.05. The molecule has 0 aliphatic carbocycles. The second-order valence-corrected chi connectivity index (χ2v) is 5.28. The molecule has 2 rings (SSSR count). The van der Waals surface area contributed by atoms with E-state index in [2.05, 4.69) is 22.0 Å². The van der Waals surface area contributed by atoms with E-state index in [1.807, 2.05) is 12.1 Å². The Morgan fingerprint density at radius 1 is 1.41 bits per heavy atom. The highest BCUT2D eigenvalue weighted by molar-refractivity contribution is 9.10. The number of ether oxygens (including phenoxy) is 2. The van der Waals surface area contributed by atoms with Gasteiger partial charge in [-0.05, 0) is 37.0 Å². The first-order valence-electron chi connectivity index (χ1n) is 5.89. The van der Waals surface area contributed by atoms with E-state index in [9.17, 15) is 0 Å². The molecule has 2 N–H and O–H groups in total. The first kappa shape index (κ1) is 12.9. The Hall–Kier alpha value is -0.580. The van der Waals surface area contributed by atoms with Crippen molar-refractivity contribution >= 4 is 15.9 Å². The average Bonchev–Trinajstić information content (AvgIpc) is 2.39. The molecule has 0 amide bonds. The molecule has 1 atom stereocenters. The molecule has 0 radical (unpaired) electrons. The summed E-state index contributed by atoms with van der Waals surface area (Å²) >= 11 is 3.48. The fraction of sp³-hybridized carbons (Fsp3) is 0.538. The maximum absolute atomic E-state index is 6.36. The lowest BCUT2D eigenvalue weighted by molar-refractivity contribution is 0.0581. The molecule has 0 spiro atoms. The standard InChI is InChI=1S/C13H18BrNO2/c1-16-12-3-2-10(14)8-11(12)13(15)9-4-6-17-7-5-9/h2-3,8-9,13H,4-7,15H2,1H3. The summed E-state index contributed by atoms with van der Waals surface area (Å²) < 4.78 is 11.8. The zero-order valence-corrected chi connectivity index (χ0v) is 11.6. The molecule has 1 fully saturated rings.